The minimum atomic E-state index is 0.242. The Balaban J connectivity index is 1.96. The van der Waals surface area contributed by atoms with Crippen LogP contribution in [0.15, 0.2) is 36.4 Å². The summed E-state index contributed by atoms with van der Waals surface area (Å²) in [6, 6.07) is 10.6. The number of rotatable bonds is 4. The summed E-state index contributed by atoms with van der Waals surface area (Å²) in [7, 11) is 0. The molecule has 0 aliphatic carbocycles. The lowest BCUT2D eigenvalue weighted by Crippen LogP contribution is -2.02. The van der Waals surface area contributed by atoms with Crippen molar-refractivity contribution in [2.45, 2.75) is 13.3 Å². The Kier molecular flexibility index (Phi) is 3.80. The molecule has 0 heterocycles. The van der Waals surface area contributed by atoms with Gasteiger partial charge in [0.25, 0.3) is 0 Å². The molecule has 0 bridgehead atoms. The van der Waals surface area contributed by atoms with Gasteiger partial charge in [0.15, 0.2) is 0 Å². The number of benzene rings is 2. The number of nitrogens with two attached hydrogens (primary N) is 2. The Labute approximate surface area is 112 Å². The van der Waals surface area contributed by atoms with Gasteiger partial charge in [0.1, 0.15) is 11.5 Å². The third-order valence-electron chi connectivity index (χ3n) is 2.98. The van der Waals surface area contributed by atoms with Crippen molar-refractivity contribution in [1.29, 1.82) is 0 Å². The minimum Gasteiger partial charge on any atom is -0.508 e. The van der Waals surface area contributed by atoms with E-state index in [4.69, 9.17) is 16.2 Å². The highest BCUT2D eigenvalue weighted by molar-refractivity contribution is 5.49. The van der Waals surface area contributed by atoms with Gasteiger partial charge >= 0.3 is 0 Å². The largest absolute Gasteiger partial charge is 0.508 e. The van der Waals surface area contributed by atoms with Crippen molar-refractivity contribution < 1.29 is 9.84 Å². The molecule has 19 heavy (non-hydrogen) atoms. The monoisotopic (exact) mass is 258 g/mol. The number of aryl methyl sites for hydroxylation is 1. The molecule has 4 heteroatoms. The fourth-order valence-corrected chi connectivity index (χ4v) is 1.82. The van der Waals surface area contributed by atoms with E-state index in [0.717, 1.165) is 22.6 Å². The number of hydrogen-bond acceptors (Lipinski definition) is 4. The van der Waals surface area contributed by atoms with Crippen LogP contribution in [0.1, 0.15) is 11.1 Å². The van der Waals surface area contributed by atoms with Crippen molar-refractivity contribution in [3.05, 3.63) is 47.5 Å². The van der Waals surface area contributed by atoms with E-state index in [-0.39, 0.29) is 5.75 Å². The van der Waals surface area contributed by atoms with E-state index in [9.17, 15) is 5.11 Å². The van der Waals surface area contributed by atoms with Gasteiger partial charge in [-0.1, -0.05) is 0 Å². The maximum absolute atomic E-state index is 9.69. The molecule has 2 rings (SSSR count). The van der Waals surface area contributed by atoms with E-state index in [2.05, 4.69) is 0 Å². The molecule has 0 aliphatic rings. The maximum atomic E-state index is 9.69. The summed E-state index contributed by atoms with van der Waals surface area (Å²) in [4.78, 5) is 0. The summed E-state index contributed by atoms with van der Waals surface area (Å²) in [5, 5.41) is 9.69. The van der Waals surface area contributed by atoms with E-state index in [1.165, 1.54) is 0 Å². The van der Waals surface area contributed by atoms with Gasteiger partial charge in [0, 0.05) is 17.8 Å². The van der Waals surface area contributed by atoms with Gasteiger partial charge in [0.05, 0.1) is 6.61 Å². The first kappa shape index (κ1) is 13.1. The third kappa shape index (κ3) is 3.31. The topological polar surface area (TPSA) is 81.5 Å². The summed E-state index contributed by atoms with van der Waals surface area (Å²) in [6.07, 6.45) is 0.598. The first-order valence-corrected chi connectivity index (χ1v) is 6.12. The van der Waals surface area contributed by atoms with Crippen LogP contribution in [0, 0.1) is 6.92 Å². The predicted molar refractivity (Wildman–Crippen MR) is 77.3 cm³/mol. The Bertz CT molecular complexity index is 582. The molecule has 0 unspecified atom stereocenters. The second-order valence-corrected chi connectivity index (χ2v) is 4.51. The van der Waals surface area contributed by atoms with Crippen molar-refractivity contribution in [2.75, 3.05) is 18.1 Å². The second kappa shape index (κ2) is 5.52. The fraction of sp³-hybridized carbons (Fsp3) is 0.200. The number of nitrogen functional groups attached to an aromatic ring is 2. The Morgan fingerprint density at radius 2 is 1.89 bits per heavy atom. The molecule has 5 N–H and O–H groups in total. The van der Waals surface area contributed by atoms with E-state index < -0.39 is 0 Å². The van der Waals surface area contributed by atoms with Gasteiger partial charge in [-0.25, -0.2) is 0 Å². The Morgan fingerprint density at radius 3 is 2.63 bits per heavy atom. The molecule has 0 aliphatic heterocycles. The van der Waals surface area contributed by atoms with Gasteiger partial charge in [-0.15, -0.1) is 0 Å². The molecule has 0 fully saturated rings. The molecular weight excluding hydrogens is 240 g/mol. The maximum Gasteiger partial charge on any atom is 0.119 e. The second-order valence-electron chi connectivity index (χ2n) is 4.51. The van der Waals surface area contributed by atoms with Crippen LogP contribution in [0.3, 0.4) is 0 Å². The lowest BCUT2D eigenvalue weighted by atomic mass is 10.1. The molecule has 100 valence electrons. The fourth-order valence-electron chi connectivity index (χ4n) is 1.82. The molecule has 2 aromatic rings. The number of anilines is 2. The van der Waals surface area contributed by atoms with Crippen molar-refractivity contribution >= 4 is 11.4 Å². The number of phenols is 1. The van der Waals surface area contributed by atoms with Crippen LogP contribution in [-0.2, 0) is 6.42 Å². The molecule has 0 saturated carbocycles. The van der Waals surface area contributed by atoms with Crippen LogP contribution in [0.4, 0.5) is 11.4 Å². The molecule has 0 spiro atoms. The average molecular weight is 258 g/mol. The lowest BCUT2D eigenvalue weighted by molar-refractivity contribution is 0.319. The number of hydrogen-bond donors (Lipinski definition) is 3. The SMILES string of the molecule is Cc1cc(OCCc2cc(N)ccc2O)ccc1N. The van der Waals surface area contributed by atoms with Gasteiger partial charge in [-0.05, 0) is 54.4 Å². The van der Waals surface area contributed by atoms with Gasteiger partial charge in [-0.3, -0.25) is 0 Å². The normalized spacial score (nSPS) is 10.4. The molecule has 0 atom stereocenters. The van der Waals surface area contributed by atoms with Crippen LogP contribution < -0.4 is 16.2 Å². The summed E-state index contributed by atoms with van der Waals surface area (Å²) < 4.78 is 5.63. The van der Waals surface area contributed by atoms with Crippen LogP contribution in [0.2, 0.25) is 0 Å². The van der Waals surface area contributed by atoms with E-state index in [0.29, 0.717) is 18.7 Å². The van der Waals surface area contributed by atoms with Crippen molar-refractivity contribution in [2.24, 2.45) is 0 Å². The van der Waals surface area contributed by atoms with E-state index >= 15 is 0 Å². The zero-order valence-electron chi connectivity index (χ0n) is 10.9. The first-order chi connectivity index (χ1) is 9.06. The van der Waals surface area contributed by atoms with Crippen molar-refractivity contribution in [1.82, 2.24) is 0 Å². The quantitative estimate of drug-likeness (QED) is 0.581. The zero-order valence-corrected chi connectivity index (χ0v) is 10.9. The summed E-state index contributed by atoms with van der Waals surface area (Å²) in [5.74, 6) is 1.02. The van der Waals surface area contributed by atoms with Gasteiger partial charge in [0.2, 0.25) is 0 Å². The summed E-state index contributed by atoms with van der Waals surface area (Å²) in [6.45, 7) is 2.41. The van der Waals surface area contributed by atoms with E-state index in [1.807, 2.05) is 25.1 Å². The smallest absolute Gasteiger partial charge is 0.119 e. The number of aromatic hydroxyl groups is 1. The van der Waals surface area contributed by atoms with Crippen LogP contribution in [-0.4, -0.2) is 11.7 Å². The van der Waals surface area contributed by atoms with Crippen molar-refractivity contribution in [3.63, 3.8) is 0 Å². The molecule has 0 saturated heterocycles. The van der Waals surface area contributed by atoms with Crippen LogP contribution in [0.5, 0.6) is 11.5 Å². The van der Waals surface area contributed by atoms with Crippen LogP contribution in [0.25, 0.3) is 0 Å². The van der Waals surface area contributed by atoms with Crippen LogP contribution >= 0.6 is 0 Å². The standard InChI is InChI=1S/C15H18N2O2/c1-10-8-13(3-4-14(10)17)19-7-6-11-9-12(16)2-5-15(11)18/h2-5,8-9,18H,6-7,16-17H2,1H3. The highest BCUT2D eigenvalue weighted by atomic mass is 16.5. The van der Waals surface area contributed by atoms with E-state index in [1.54, 1.807) is 18.2 Å². The minimum absolute atomic E-state index is 0.242. The molecule has 2 aromatic carbocycles. The third-order valence-corrected chi connectivity index (χ3v) is 2.98. The summed E-state index contributed by atoms with van der Waals surface area (Å²) >= 11 is 0. The van der Waals surface area contributed by atoms with Crippen molar-refractivity contribution in [3.8, 4) is 11.5 Å². The predicted octanol–water partition coefficient (Wildman–Crippen LogP) is 2.49. The molecular formula is C15H18N2O2. The van der Waals surface area contributed by atoms with Gasteiger partial charge in [-0.2, -0.15) is 0 Å². The van der Waals surface area contributed by atoms with Gasteiger partial charge < -0.3 is 21.3 Å². The Hall–Kier alpha value is -2.36. The molecule has 0 aromatic heterocycles. The first-order valence-electron chi connectivity index (χ1n) is 6.12. The number of phenolic OH excluding ortho intramolecular Hbond substituents is 1. The molecule has 0 radical (unpaired) electrons. The molecule has 0 amide bonds. The Morgan fingerprint density at radius 1 is 1.11 bits per heavy atom. The average Bonchev–Trinajstić information content (AvgIpc) is 2.38. The highest BCUT2D eigenvalue weighted by Crippen LogP contribution is 2.22. The molecule has 4 nitrogen and oxygen atoms in total. The zero-order chi connectivity index (χ0) is 13.8. The summed E-state index contributed by atoms with van der Waals surface area (Å²) in [5.41, 5.74) is 14.6. The number of ether oxygens (including phenoxy) is 1. The lowest BCUT2D eigenvalue weighted by Gasteiger charge is -2.09. The highest BCUT2D eigenvalue weighted by Gasteiger charge is 2.03.